The third-order valence-corrected chi connectivity index (χ3v) is 3.64. The molecule has 0 atom stereocenters. The van der Waals surface area contributed by atoms with Crippen LogP contribution in [0.3, 0.4) is 0 Å². The zero-order chi connectivity index (χ0) is 17.2. The van der Waals surface area contributed by atoms with Gasteiger partial charge in [-0.2, -0.15) is 0 Å². The van der Waals surface area contributed by atoms with E-state index in [1.165, 1.54) is 5.56 Å². The summed E-state index contributed by atoms with van der Waals surface area (Å²) in [5.41, 5.74) is 2.27. The SMILES string of the molecule is CCNC(=NCc1ccc(OC)nc1)NCCc1ccc(Cl)cc1. The van der Waals surface area contributed by atoms with Crippen molar-refractivity contribution in [3.8, 4) is 5.88 Å². The second-order valence-electron chi connectivity index (χ2n) is 5.21. The lowest BCUT2D eigenvalue weighted by Gasteiger charge is -2.11. The zero-order valence-electron chi connectivity index (χ0n) is 14.1. The van der Waals surface area contributed by atoms with Crippen molar-refractivity contribution in [3.05, 3.63) is 58.7 Å². The van der Waals surface area contributed by atoms with E-state index in [1.54, 1.807) is 13.3 Å². The first-order valence-corrected chi connectivity index (χ1v) is 8.34. The van der Waals surface area contributed by atoms with Crippen molar-refractivity contribution in [2.24, 2.45) is 4.99 Å². The van der Waals surface area contributed by atoms with Gasteiger partial charge < -0.3 is 15.4 Å². The molecule has 5 nitrogen and oxygen atoms in total. The van der Waals surface area contributed by atoms with Crippen LogP contribution in [0.5, 0.6) is 5.88 Å². The number of aromatic nitrogens is 1. The Balaban J connectivity index is 1.86. The molecule has 0 fully saturated rings. The molecule has 0 saturated carbocycles. The van der Waals surface area contributed by atoms with E-state index in [0.717, 1.165) is 36.1 Å². The van der Waals surface area contributed by atoms with Crippen LogP contribution >= 0.6 is 11.6 Å². The Labute approximate surface area is 148 Å². The number of rotatable bonds is 7. The molecule has 2 N–H and O–H groups in total. The summed E-state index contributed by atoms with van der Waals surface area (Å²) < 4.78 is 5.06. The Bertz CT molecular complexity index is 641. The minimum Gasteiger partial charge on any atom is -0.481 e. The second-order valence-corrected chi connectivity index (χ2v) is 5.64. The highest BCUT2D eigenvalue weighted by atomic mass is 35.5. The summed E-state index contributed by atoms with van der Waals surface area (Å²) in [5, 5.41) is 7.34. The van der Waals surface area contributed by atoms with Crippen molar-refractivity contribution in [1.29, 1.82) is 0 Å². The van der Waals surface area contributed by atoms with Crippen LogP contribution in [0.25, 0.3) is 0 Å². The highest BCUT2D eigenvalue weighted by Gasteiger charge is 2.00. The third-order valence-electron chi connectivity index (χ3n) is 3.39. The summed E-state index contributed by atoms with van der Waals surface area (Å²) in [6, 6.07) is 11.7. The number of methoxy groups -OCH3 is 1. The van der Waals surface area contributed by atoms with Crippen molar-refractivity contribution < 1.29 is 4.74 Å². The average Bonchev–Trinajstić information content (AvgIpc) is 2.62. The molecule has 1 aromatic heterocycles. The fraction of sp³-hybridized carbons (Fsp3) is 0.333. The highest BCUT2D eigenvalue weighted by molar-refractivity contribution is 6.30. The molecule has 6 heteroatoms. The lowest BCUT2D eigenvalue weighted by Crippen LogP contribution is -2.38. The molecule has 0 aliphatic heterocycles. The van der Waals surface area contributed by atoms with E-state index < -0.39 is 0 Å². The zero-order valence-corrected chi connectivity index (χ0v) is 14.8. The lowest BCUT2D eigenvalue weighted by molar-refractivity contribution is 0.397. The molecule has 0 aliphatic rings. The lowest BCUT2D eigenvalue weighted by atomic mass is 10.1. The van der Waals surface area contributed by atoms with Crippen molar-refractivity contribution in [2.45, 2.75) is 19.9 Å². The monoisotopic (exact) mass is 346 g/mol. The standard InChI is InChI=1S/C18H23ClN4O/c1-3-20-18(21-11-10-14-4-7-16(19)8-5-14)23-13-15-6-9-17(24-2)22-12-15/h4-9,12H,3,10-11,13H2,1-2H3,(H2,20,21,23). The maximum atomic E-state index is 5.90. The number of pyridine rings is 1. The number of halogens is 1. The molecular weight excluding hydrogens is 324 g/mol. The van der Waals surface area contributed by atoms with Gasteiger partial charge in [0.05, 0.1) is 13.7 Å². The third kappa shape index (κ3) is 6.08. The summed E-state index contributed by atoms with van der Waals surface area (Å²) in [5.74, 6) is 1.40. The van der Waals surface area contributed by atoms with Gasteiger partial charge in [-0.25, -0.2) is 9.98 Å². The van der Waals surface area contributed by atoms with Crippen LogP contribution < -0.4 is 15.4 Å². The number of hydrogen-bond acceptors (Lipinski definition) is 3. The molecule has 0 bridgehead atoms. The highest BCUT2D eigenvalue weighted by Crippen LogP contribution is 2.09. The van der Waals surface area contributed by atoms with E-state index in [1.807, 2.05) is 43.3 Å². The number of benzene rings is 1. The van der Waals surface area contributed by atoms with Gasteiger partial charge in [0.2, 0.25) is 5.88 Å². The van der Waals surface area contributed by atoms with Crippen molar-refractivity contribution in [3.63, 3.8) is 0 Å². The first kappa shape index (κ1) is 18.1. The van der Waals surface area contributed by atoms with Crippen LogP contribution in [0.2, 0.25) is 5.02 Å². The van der Waals surface area contributed by atoms with Crippen LogP contribution in [-0.2, 0) is 13.0 Å². The summed E-state index contributed by atoms with van der Waals surface area (Å²) in [4.78, 5) is 8.76. The van der Waals surface area contributed by atoms with Gasteiger partial charge in [0.15, 0.2) is 5.96 Å². The second kappa shape index (κ2) is 9.78. The van der Waals surface area contributed by atoms with Gasteiger partial charge >= 0.3 is 0 Å². The van der Waals surface area contributed by atoms with E-state index in [4.69, 9.17) is 16.3 Å². The van der Waals surface area contributed by atoms with Gasteiger partial charge in [-0.15, -0.1) is 0 Å². The fourth-order valence-corrected chi connectivity index (χ4v) is 2.24. The van der Waals surface area contributed by atoms with E-state index in [0.29, 0.717) is 12.4 Å². The predicted octanol–water partition coefficient (Wildman–Crippen LogP) is 3.04. The molecule has 0 aliphatic carbocycles. The number of ether oxygens (including phenoxy) is 1. The molecule has 1 heterocycles. The van der Waals surface area contributed by atoms with Gasteiger partial charge in [0, 0.05) is 30.4 Å². The Kier molecular flexibility index (Phi) is 7.36. The van der Waals surface area contributed by atoms with Crippen LogP contribution in [0.15, 0.2) is 47.6 Å². The summed E-state index contributed by atoms with van der Waals surface area (Å²) >= 11 is 5.90. The van der Waals surface area contributed by atoms with Gasteiger partial charge in [-0.1, -0.05) is 29.8 Å². The van der Waals surface area contributed by atoms with E-state index in [2.05, 4.69) is 20.6 Å². The maximum absolute atomic E-state index is 5.90. The molecule has 0 saturated heterocycles. The van der Waals surface area contributed by atoms with Crippen molar-refractivity contribution in [1.82, 2.24) is 15.6 Å². The number of guanidine groups is 1. The number of hydrogen-bond donors (Lipinski definition) is 2. The van der Waals surface area contributed by atoms with Gasteiger partial charge in [-0.05, 0) is 36.6 Å². The summed E-state index contributed by atoms with van der Waals surface area (Å²) in [6.45, 7) is 4.22. The Hall–Kier alpha value is -2.27. The van der Waals surface area contributed by atoms with E-state index in [-0.39, 0.29) is 0 Å². The molecule has 0 spiro atoms. The summed E-state index contributed by atoms with van der Waals surface area (Å²) in [7, 11) is 1.61. The molecule has 2 aromatic rings. The first-order valence-electron chi connectivity index (χ1n) is 7.97. The molecule has 1 aromatic carbocycles. The molecule has 0 amide bonds. The predicted molar refractivity (Wildman–Crippen MR) is 98.8 cm³/mol. The molecular formula is C18H23ClN4O. The molecule has 128 valence electrons. The summed E-state index contributed by atoms with van der Waals surface area (Å²) in [6.07, 6.45) is 2.69. The Morgan fingerprint density at radius 3 is 2.50 bits per heavy atom. The smallest absolute Gasteiger partial charge is 0.212 e. The number of nitrogens with zero attached hydrogens (tertiary/aromatic N) is 2. The largest absolute Gasteiger partial charge is 0.481 e. The van der Waals surface area contributed by atoms with Gasteiger partial charge in [0.25, 0.3) is 0 Å². The fourth-order valence-electron chi connectivity index (χ4n) is 2.11. The van der Waals surface area contributed by atoms with Crippen LogP contribution in [-0.4, -0.2) is 31.1 Å². The maximum Gasteiger partial charge on any atom is 0.212 e. The Morgan fingerprint density at radius 2 is 1.88 bits per heavy atom. The minimum absolute atomic E-state index is 0.563. The molecule has 2 rings (SSSR count). The van der Waals surface area contributed by atoms with E-state index >= 15 is 0 Å². The topological polar surface area (TPSA) is 58.5 Å². The number of nitrogens with one attached hydrogen (secondary N) is 2. The quantitative estimate of drug-likeness (QED) is 0.597. The van der Waals surface area contributed by atoms with Crippen LogP contribution in [0, 0.1) is 0 Å². The van der Waals surface area contributed by atoms with Crippen LogP contribution in [0.1, 0.15) is 18.1 Å². The van der Waals surface area contributed by atoms with Gasteiger partial charge in [-0.3, -0.25) is 0 Å². The minimum atomic E-state index is 0.563. The molecule has 0 radical (unpaired) electrons. The van der Waals surface area contributed by atoms with E-state index in [9.17, 15) is 0 Å². The Morgan fingerprint density at radius 1 is 1.12 bits per heavy atom. The van der Waals surface area contributed by atoms with Crippen LogP contribution in [0.4, 0.5) is 0 Å². The van der Waals surface area contributed by atoms with Gasteiger partial charge in [0.1, 0.15) is 0 Å². The number of aliphatic imine (C=N–C) groups is 1. The molecule has 0 unspecified atom stereocenters. The normalized spacial score (nSPS) is 11.2. The van der Waals surface area contributed by atoms with Crippen molar-refractivity contribution >= 4 is 17.6 Å². The molecule has 24 heavy (non-hydrogen) atoms. The first-order chi connectivity index (χ1) is 11.7. The average molecular weight is 347 g/mol. The van der Waals surface area contributed by atoms with Crippen molar-refractivity contribution in [2.75, 3.05) is 20.2 Å².